The van der Waals surface area contributed by atoms with Gasteiger partial charge in [-0.2, -0.15) is 0 Å². The molecule has 1 aromatic heterocycles. The first-order valence-corrected chi connectivity index (χ1v) is 8.60. The highest BCUT2D eigenvalue weighted by Gasteiger charge is 2.32. The van der Waals surface area contributed by atoms with E-state index in [1.165, 1.54) is 6.07 Å². The number of ether oxygens (including phenoxy) is 1. The highest BCUT2D eigenvalue weighted by atomic mass is 35.5. The third-order valence-electron chi connectivity index (χ3n) is 3.38. The van der Waals surface area contributed by atoms with Gasteiger partial charge in [-0.3, -0.25) is 0 Å². The molecule has 1 aromatic rings. The minimum atomic E-state index is -3.87. The van der Waals surface area contributed by atoms with Gasteiger partial charge in [0.1, 0.15) is 10.0 Å². The molecule has 1 fully saturated rings. The van der Waals surface area contributed by atoms with Crippen LogP contribution >= 0.6 is 23.2 Å². The fourth-order valence-corrected chi connectivity index (χ4v) is 3.81. The van der Waals surface area contributed by atoms with Crippen LogP contribution in [0.3, 0.4) is 0 Å². The molecule has 9 heteroatoms. The summed E-state index contributed by atoms with van der Waals surface area (Å²) in [4.78, 5) is 3.63. The maximum atomic E-state index is 12.3. The Bertz CT molecular complexity index is 630. The molecular weight excluding hydrogens is 339 g/mol. The molecule has 0 saturated carbocycles. The highest BCUT2D eigenvalue weighted by molar-refractivity contribution is 7.89. The summed E-state index contributed by atoms with van der Waals surface area (Å²) in [5.41, 5.74) is -0.599. The lowest BCUT2D eigenvalue weighted by atomic mass is 9.95. The highest BCUT2D eigenvalue weighted by Crippen LogP contribution is 2.25. The van der Waals surface area contributed by atoms with Gasteiger partial charge in [0, 0.05) is 32.6 Å². The summed E-state index contributed by atoms with van der Waals surface area (Å²) < 4.78 is 32.1. The van der Waals surface area contributed by atoms with Crippen LogP contribution < -0.4 is 4.72 Å². The van der Waals surface area contributed by atoms with Crippen molar-refractivity contribution in [2.24, 2.45) is 0 Å². The summed E-state index contributed by atoms with van der Waals surface area (Å²) in [5.74, 6) is 0. The molecule has 2 heterocycles. The van der Waals surface area contributed by atoms with E-state index < -0.39 is 15.6 Å². The number of halogens is 2. The molecule has 1 aliphatic heterocycles. The molecule has 1 saturated heterocycles. The summed E-state index contributed by atoms with van der Waals surface area (Å²) in [5, 5.41) is 10.2. The Hall–Kier alpha value is -0.440. The van der Waals surface area contributed by atoms with Gasteiger partial charge in [0.15, 0.2) is 5.15 Å². The van der Waals surface area contributed by atoms with Gasteiger partial charge in [-0.05, 0) is 18.6 Å². The number of pyridine rings is 1. The zero-order valence-electron chi connectivity index (χ0n) is 11.4. The third-order valence-corrected chi connectivity index (χ3v) is 5.57. The maximum Gasteiger partial charge on any atom is 0.243 e. The number of aromatic nitrogens is 1. The van der Waals surface area contributed by atoms with Gasteiger partial charge in [-0.25, -0.2) is 18.1 Å². The van der Waals surface area contributed by atoms with E-state index in [4.69, 9.17) is 27.9 Å². The summed E-state index contributed by atoms with van der Waals surface area (Å²) in [6, 6.07) is 1.36. The monoisotopic (exact) mass is 354 g/mol. The zero-order chi connectivity index (χ0) is 15.7. The van der Waals surface area contributed by atoms with Gasteiger partial charge in [-0.1, -0.05) is 23.2 Å². The standard InChI is InChI=1S/C12H16Cl2N2O4S/c1-8-6-9(11(14)16-10(8)13)21(18,19)15-7-12(17)2-4-20-5-3-12/h6,15,17H,2-5,7H2,1H3. The van der Waals surface area contributed by atoms with Crippen molar-refractivity contribution in [3.05, 3.63) is 21.9 Å². The first kappa shape index (κ1) is 16.9. The number of nitrogens with zero attached hydrogens (tertiary/aromatic N) is 1. The van der Waals surface area contributed by atoms with E-state index in [0.717, 1.165) is 0 Å². The van der Waals surface area contributed by atoms with E-state index in [1.807, 2.05) is 0 Å². The average Bonchev–Trinajstić information content (AvgIpc) is 2.42. The van der Waals surface area contributed by atoms with Crippen molar-refractivity contribution in [3.8, 4) is 0 Å². The van der Waals surface area contributed by atoms with Crippen molar-refractivity contribution in [1.29, 1.82) is 0 Å². The Morgan fingerprint density at radius 1 is 1.38 bits per heavy atom. The molecule has 0 aliphatic carbocycles. The molecule has 2 rings (SSSR count). The lowest BCUT2D eigenvalue weighted by Crippen LogP contribution is -2.46. The van der Waals surface area contributed by atoms with Crippen LogP contribution in [0.4, 0.5) is 0 Å². The lowest BCUT2D eigenvalue weighted by Gasteiger charge is -2.32. The van der Waals surface area contributed by atoms with E-state index >= 15 is 0 Å². The van der Waals surface area contributed by atoms with Crippen molar-refractivity contribution in [2.45, 2.75) is 30.3 Å². The Morgan fingerprint density at radius 3 is 2.62 bits per heavy atom. The van der Waals surface area contributed by atoms with Crippen molar-refractivity contribution in [1.82, 2.24) is 9.71 Å². The van der Waals surface area contributed by atoms with Crippen molar-refractivity contribution < 1.29 is 18.3 Å². The molecule has 2 N–H and O–H groups in total. The van der Waals surface area contributed by atoms with Gasteiger partial charge >= 0.3 is 0 Å². The van der Waals surface area contributed by atoms with Crippen molar-refractivity contribution in [2.75, 3.05) is 19.8 Å². The number of aryl methyl sites for hydroxylation is 1. The second-order valence-electron chi connectivity index (χ2n) is 5.05. The van der Waals surface area contributed by atoms with Gasteiger partial charge in [0.05, 0.1) is 5.60 Å². The van der Waals surface area contributed by atoms with Crippen LogP contribution in [0.1, 0.15) is 18.4 Å². The van der Waals surface area contributed by atoms with Crippen LogP contribution in [0.25, 0.3) is 0 Å². The molecule has 6 nitrogen and oxygen atoms in total. The topological polar surface area (TPSA) is 88.5 Å². The van der Waals surface area contributed by atoms with Crippen LogP contribution in [0.5, 0.6) is 0 Å². The molecule has 118 valence electrons. The Balaban J connectivity index is 2.17. The second kappa shape index (κ2) is 6.36. The Labute approximate surface area is 133 Å². The van der Waals surface area contributed by atoms with E-state index in [9.17, 15) is 13.5 Å². The van der Waals surface area contributed by atoms with E-state index in [-0.39, 0.29) is 21.7 Å². The molecule has 0 amide bonds. The van der Waals surface area contributed by atoms with Gasteiger partial charge in [0.25, 0.3) is 0 Å². The Morgan fingerprint density at radius 2 is 2.00 bits per heavy atom. The fourth-order valence-electron chi connectivity index (χ4n) is 1.97. The predicted molar refractivity (Wildman–Crippen MR) is 79.2 cm³/mol. The average molecular weight is 355 g/mol. The number of hydrogen-bond acceptors (Lipinski definition) is 5. The number of rotatable bonds is 4. The van der Waals surface area contributed by atoms with Crippen LogP contribution in [-0.4, -0.2) is 43.9 Å². The molecule has 0 atom stereocenters. The number of hydrogen-bond donors (Lipinski definition) is 2. The van der Waals surface area contributed by atoms with Gasteiger partial charge in [0.2, 0.25) is 10.0 Å². The molecule has 0 bridgehead atoms. The fraction of sp³-hybridized carbons (Fsp3) is 0.583. The predicted octanol–water partition coefficient (Wildman–Crippen LogP) is 1.52. The van der Waals surface area contributed by atoms with E-state index in [2.05, 4.69) is 9.71 Å². The van der Waals surface area contributed by atoms with Gasteiger partial charge < -0.3 is 9.84 Å². The molecule has 1 aliphatic rings. The first-order chi connectivity index (χ1) is 9.73. The lowest BCUT2D eigenvalue weighted by molar-refractivity contribution is -0.0588. The normalized spacial score (nSPS) is 18.7. The quantitative estimate of drug-likeness (QED) is 0.800. The minimum Gasteiger partial charge on any atom is -0.388 e. The van der Waals surface area contributed by atoms with Crippen LogP contribution in [0.15, 0.2) is 11.0 Å². The number of nitrogens with one attached hydrogen (secondary N) is 1. The molecule has 0 aromatic carbocycles. The van der Waals surface area contributed by atoms with Crippen molar-refractivity contribution >= 4 is 33.2 Å². The van der Waals surface area contributed by atoms with Gasteiger partial charge in [-0.15, -0.1) is 0 Å². The summed E-state index contributed by atoms with van der Waals surface area (Å²) >= 11 is 11.6. The summed E-state index contributed by atoms with van der Waals surface area (Å²) in [6.07, 6.45) is 0.752. The third kappa shape index (κ3) is 4.06. The zero-order valence-corrected chi connectivity index (χ0v) is 13.7. The smallest absolute Gasteiger partial charge is 0.243 e. The number of sulfonamides is 1. The first-order valence-electron chi connectivity index (χ1n) is 6.36. The second-order valence-corrected chi connectivity index (χ2v) is 7.50. The van der Waals surface area contributed by atoms with Crippen LogP contribution in [0, 0.1) is 6.92 Å². The molecule has 0 unspecified atom stereocenters. The van der Waals surface area contributed by atoms with E-state index in [1.54, 1.807) is 6.92 Å². The van der Waals surface area contributed by atoms with Crippen molar-refractivity contribution in [3.63, 3.8) is 0 Å². The molecule has 0 radical (unpaired) electrons. The summed E-state index contributed by atoms with van der Waals surface area (Å²) in [6.45, 7) is 2.34. The SMILES string of the molecule is Cc1cc(S(=O)(=O)NCC2(O)CCOCC2)c(Cl)nc1Cl. The largest absolute Gasteiger partial charge is 0.388 e. The number of aliphatic hydroxyl groups is 1. The molecule has 0 spiro atoms. The minimum absolute atomic E-state index is 0.100. The van der Waals surface area contributed by atoms with E-state index in [0.29, 0.717) is 31.6 Å². The molecular formula is C12H16Cl2N2O4S. The molecule has 21 heavy (non-hydrogen) atoms. The maximum absolute atomic E-state index is 12.3. The Kier molecular flexibility index (Phi) is 5.12. The van der Waals surface area contributed by atoms with Crippen LogP contribution in [0.2, 0.25) is 10.3 Å². The summed E-state index contributed by atoms with van der Waals surface area (Å²) in [7, 11) is -3.87. The van der Waals surface area contributed by atoms with Crippen LogP contribution in [-0.2, 0) is 14.8 Å².